The van der Waals surface area contributed by atoms with E-state index < -0.39 is 10.0 Å². The van der Waals surface area contributed by atoms with Crippen molar-refractivity contribution in [1.29, 1.82) is 0 Å². The number of aryl methyl sites for hydroxylation is 1. The molecular weight excluding hydrogens is 264 g/mol. The standard InChI is InChI=1S/C13H18N2O3S/c16-11-12-4-8-15(9-5-12)19(17,18)10-6-13-3-1-2-7-14-13/h1-3,7,11-12H,4-6,8-10H2. The highest BCUT2D eigenvalue weighted by atomic mass is 32.2. The van der Waals surface area contributed by atoms with Crippen LogP contribution in [0.1, 0.15) is 18.5 Å². The molecule has 1 aromatic rings. The van der Waals surface area contributed by atoms with Gasteiger partial charge >= 0.3 is 0 Å². The molecule has 104 valence electrons. The van der Waals surface area contributed by atoms with Crippen molar-refractivity contribution in [3.8, 4) is 0 Å². The highest BCUT2D eigenvalue weighted by Crippen LogP contribution is 2.18. The van der Waals surface area contributed by atoms with Gasteiger partial charge in [0.05, 0.1) is 5.75 Å². The molecule has 0 saturated carbocycles. The van der Waals surface area contributed by atoms with Gasteiger partial charge in [0.1, 0.15) is 6.29 Å². The first-order valence-corrected chi connectivity index (χ1v) is 8.06. The molecule has 0 aromatic carbocycles. The van der Waals surface area contributed by atoms with Crippen molar-refractivity contribution < 1.29 is 13.2 Å². The minimum absolute atomic E-state index is 0.0160. The number of rotatable bonds is 5. The molecule has 1 aliphatic rings. The molecule has 2 rings (SSSR count). The molecule has 1 aliphatic heterocycles. The van der Waals surface area contributed by atoms with Crippen LogP contribution in [0.15, 0.2) is 24.4 Å². The fourth-order valence-electron chi connectivity index (χ4n) is 2.20. The van der Waals surface area contributed by atoms with E-state index in [1.807, 2.05) is 18.2 Å². The van der Waals surface area contributed by atoms with Crippen LogP contribution in [0.3, 0.4) is 0 Å². The topological polar surface area (TPSA) is 67.3 Å². The number of pyridine rings is 1. The van der Waals surface area contributed by atoms with E-state index in [2.05, 4.69) is 4.98 Å². The van der Waals surface area contributed by atoms with Crippen molar-refractivity contribution in [2.75, 3.05) is 18.8 Å². The Morgan fingerprint density at radius 2 is 2.05 bits per heavy atom. The summed E-state index contributed by atoms with van der Waals surface area (Å²) in [5.74, 6) is 0.0951. The number of piperidine rings is 1. The number of hydrogen-bond donors (Lipinski definition) is 0. The first-order valence-electron chi connectivity index (χ1n) is 6.45. The van der Waals surface area contributed by atoms with Gasteiger partial charge in [0.15, 0.2) is 0 Å². The first-order chi connectivity index (χ1) is 9.12. The normalized spacial score (nSPS) is 18.3. The maximum atomic E-state index is 12.2. The number of carbonyl (C=O) groups excluding carboxylic acids is 1. The maximum Gasteiger partial charge on any atom is 0.214 e. The minimum atomic E-state index is -3.24. The smallest absolute Gasteiger partial charge is 0.214 e. The summed E-state index contributed by atoms with van der Waals surface area (Å²) in [6.45, 7) is 0.905. The summed E-state index contributed by atoms with van der Waals surface area (Å²) < 4.78 is 25.8. The molecule has 0 spiro atoms. The Labute approximate surface area is 113 Å². The van der Waals surface area contributed by atoms with Gasteiger partial charge in [0.2, 0.25) is 10.0 Å². The van der Waals surface area contributed by atoms with Gasteiger partial charge in [-0.1, -0.05) is 6.07 Å². The van der Waals surface area contributed by atoms with Gasteiger partial charge in [-0.15, -0.1) is 0 Å². The average molecular weight is 282 g/mol. The highest BCUT2D eigenvalue weighted by molar-refractivity contribution is 7.89. The van der Waals surface area contributed by atoms with Gasteiger partial charge < -0.3 is 4.79 Å². The van der Waals surface area contributed by atoms with E-state index in [-0.39, 0.29) is 11.7 Å². The second kappa shape index (κ2) is 6.25. The van der Waals surface area contributed by atoms with Crippen LogP contribution < -0.4 is 0 Å². The second-order valence-corrected chi connectivity index (χ2v) is 6.85. The Morgan fingerprint density at radius 1 is 1.32 bits per heavy atom. The fourth-order valence-corrected chi connectivity index (χ4v) is 3.69. The van der Waals surface area contributed by atoms with Crippen LogP contribution in [-0.4, -0.2) is 42.8 Å². The third kappa shape index (κ3) is 3.84. The van der Waals surface area contributed by atoms with Gasteiger partial charge in [-0.3, -0.25) is 4.98 Å². The zero-order valence-electron chi connectivity index (χ0n) is 10.7. The Kier molecular flexibility index (Phi) is 4.66. The van der Waals surface area contributed by atoms with Crippen LogP contribution in [0.25, 0.3) is 0 Å². The van der Waals surface area contributed by atoms with Crippen molar-refractivity contribution in [2.45, 2.75) is 19.3 Å². The SMILES string of the molecule is O=CC1CCN(S(=O)(=O)CCc2ccccn2)CC1. The van der Waals surface area contributed by atoms with Crippen LogP contribution in [0, 0.1) is 5.92 Å². The summed E-state index contributed by atoms with van der Waals surface area (Å²) in [7, 11) is -3.24. The van der Waals surface area contributed by atoms with Crippen molar-refractivity contribution in [1.82, 2.24) is 9.29 Å². The summed E-state index contributed by atoms with van der Waals surface area (Å²) in [5, 5.41) is 0. The quantitative estimate of drug-likeness (QED) is 0.751. The molecule has 1 fully saturated rings. The van der Waals surface area contributed by atoms with E-state index in [9.17, 15) is 13.2 Å². The first kappa shape index (κ1) is 14.1. The second-order valence-electron chi connectivity index (χ2n) is 4.76. The molecule has 0 unspecified atom stereocenters. The summed E-state index contributed by atoms with van der Waals surface area (Å²) in [6, 6.07) is 5.49. The molecule has 0 bridgehead atoms. The monoisotopic (exact) mass is 282 g/mol. The number of sulfonamides is 1. The van der Waals surface area contributed by atoms with Gasteiger partial charge in [0.25, 0.3) is 0 Å². The van der Waals surface area contributed by atoms with E-state index in [0.717, 1.165) is 12.0 Å². The third-order valence-electron chi connectivity index (χ3n) is 3.43. The van der Waals surface area contributed by atoms with E-state index in [1.54, 1.807) is 6.20 Å². The largest absolute Gasteiger partial charge is 0.303 e. The molecule has 1 saturated heterocycles. The van der Waals surface area contributed by atoms with E-state index >= 15 is 0 Å². The van der Waals surface area contributed by atoms with Crippen LogP contribution >= 0.6 is 0 Å². The molecule has 2 heterocycles. The van der Waals surface area contributed by atoms with E-state index in [1.165, 1.54) is 4.31 Å². The molecule has 0 radical (unpaired) electrons. The van der Waals surface area contributed by atoms with Crippen molar-refractivity contribution in [3.05, 3.63) is 30.1 Å². The Morgan fingerprint density at radius 3 is 2.63 bits per heavy atom. The lowest BCUT2D eigenvalue weighted by Gasteiger charge is -2.28. The van der Waals surface area contributed by atoms with E-state index in [4.69, 9.17) is 0 Å². The number of aldehydes is 1. The van der Waals surface area contributed by atoms with E-state index in [0.29, 0.717) is 32.4 Å². The zero-order valence-corrected chi connectivity index (χ0v) is 11.6. The minimum Gasteiger partial charge on any atom is -0.303 e. The molecule has 1 aromatic heterocycles. The highest BCUT2D eigenvalue weighted by Gasteiger charge is 2.27. The Hall–Kier alpha value is -1.27. The van der Waals surface area contributed by atoms with Crippen molar-refractivity contribution in [2.24, 2.45) is 5.92 Å². The lowest BCUT2D eigenvalue weighted by atomic mass is 10.0. The van der Waals surface area contributed by atoms with Crippen molar-refractivity contribution in [3.63, 3.8) is 0 Å². The average Bonchev–Trinajstić information content (AvgIpc) is 2.46. The third-order valence-corrected chi connectivity index (χ3v) is 5.30. The molecule has 0 aliphatic carbocycles. The lowest BCUT2D eigenvalue weighted by Crippen LogP contribution is -2.40. The van der Waals surface area contributed by atoms with Gasteiger partial charge in [-0.2, -0.15) is 0 Å². The van der Waals surface area contributed by atoms with Gasteiger partial charge in [0, 0.05) is 37.3 Å². The predicted octanol–water partition coefficient (Wildman–Crippen LogP) is 0.865. The zero-order chi connectivity index (χ0) is 13.7. The predicted molar refractivity (Wildman–Crippen MR) is 72.1 cm³/mol. The van der Waals surface area contributed by atoms with Crippen LogP contribution in [0.4, 0.5) is 0 Å². The number of nitrogens with zero attached hydrogens (tertiary/aromatic N) is 2. The molecular formula is C13H18N2O3S. The number of carbonyl (C=O) groups is 1. The van der Waals surface area contributed by atoms with Gasteiger partial charge in [-0.25, -0.2) is 12.7 Å². The molecule has 6 heteroatoms. The van der Waals surface area contributed by atoms with Crippen LogP contribution in [-0.2, 0) is 21.2 Å². The van der Waals surface area contributed by atoms with Crippen LogP contribution in [0.2, 0.25) is 0 Å². The molecule has 19 heavy (non-hydrogen) atoms. The summed E-state index contributed by atoms with van der Waals surface area (Å²) >= 11 is 0. The lowest BCUT2D eigenvalue weighted by molar-refractivity contribution is -0.112. The van der Waals surface area contributed by atoms with Crippen molar-refractivity contribution >= 4 is 16.3 Å². The maximum absolute atomic E-state index is 12.2. The number of aromatic nitrogens is 1. The fraction of sp³-hybridized carbons (Fsp3) is 0.538. The number of hydrogen-bond acceptors (Lipinski definition) is 4. The van der Waals surface area contributed by atoms with Crippen LogP contribution in [0.5, 0.6) is 0 Å². The Balaban J connectivity index is 1.90. The molecule has 0 N–H and O–H groups in total. The van der Waals surface area contributed by atoms with Gasteiger partial charge in [-0.05, 0) is 25.0 Å². The molecule has 5 nitrogen and oxygen atoms in total. The summed E-state index contributed by atoms with van der Waals surface area (Å²) in [6.07, 6.45) is 4.28. The Bertz CT molecular complexity index is 508. The molecule has 0 amide bonds. The molecule has 0 atom stereocenters. The summed E-state index contributed by atoms with van der Waals surface area (Å²) in [5.41, 5.74) is 0.786. The summed E-state index contributed by atoms with van der Waals surface area (Å²) in [4.78, 5) is 14.8.